The number of carboxylic acids is 1. The van der Waals surface area contributed by atoms with Crippen molar-refractivity contribution < 1.29 is 19.4 Å². The van der Waals surface area contributed by atoms with Gasteiger partial charge in [0.05, 0.1) is 12.1 Å². The fourth-order valence-electron chi connectivity index (χ4n) is 2.68. The molecule has 21 heavy (non-hydrogen) atoms. The fraction of sp³-hybridized carbons (Fsp3) is 0.467. The van der Waals surface area contributed by atoms with Crippen LogP contribution in [0.1, 0.15) is 23.2 Å². The van der Waals surface area contributed by atoms with Crippen molar-refractivity contribution in [2.75, 3.05) is 31.6 Å². The van der Waals surface area contributed by atoms with E-state index in [4.69, 9.17) is 9.84 Å². The Labute approximate surface area is 123 Å². The number of likely N-dealkylation sites (N-methyl/N-ethyl adjacent to an activating group) is 1. The molecule has 6 nitrogen and oxygen atoms in total. The Morgan fingerprint density at radius 2 is 2.00 bits per heavy atom. The summed E-state index contributed by atoms with van der Waals surface area (Å²) in [6.07, 6.45) is 1.53. The van der Waals surface area contributed by atoms with Crippen LogP contribution in [-0.2, 0) is 9.53 Å². The van der Waals surface area contributed by atoms with Gasteiger partial charge in [0.15, 0.2) is 0 Å². The van der Waals surface area contributed by atoms with Crippen LogP contribution in [0.15, 0.2) is 24.3 Å². The third kappa shape index (κ3) is 3.72. The van der Waals surface area contributed by atoms with Crippen molar-refractivity contribution in [2.24, 2.45) is 0 Å². The molecule has 0 spiro atoms. The van der Waals surface area contributed by atoms with Crippen LogP contribution in [0.5, 0.6) is 0 Å². The van der Waals surface area contributed by atoms with Gasteiger partial charge in [-0.2, -0.15) is 0 Å². The zero-order chi connectivity index (χ0) is 15.3. The van der Waals surface area contributed by atoms with E-state index in [-0.39, 0.29) is 5.56 Å². The average Bonchev–Trinajstić information content (AvgIpc) is 2.48. The van der Waals surface area contributed by atoms with E-state index in [1.165, 1.54) is 0 Å². The molecular formula is C15H20N2O4. The minimum absolute atomic E-state index is 0.257. The van der Waals surface area contributed by atoms with Crippen LogP contribution >= 0.6 is 0 Å². The van der Waals surface area contributed by atoms with E-state index in [0.29, 0.717) is 13.0 Å². The first-order valence-electron chi connectivity index (χ1n) is 6.93. The highest BCUT2D eigenvalue weighted by atomic mass is 16.5. The quantitative estimate of drug-likeness (QED) is 0.765. The third-order valence-corrected chi connectivity index (χ3v) is 3.89. The number of nitrogens with one attached hydrogen (secondary N) is 1. The van der Waals surface area contributed by atoms with Crippen LogP contribution in [0.2, 0.25) is 0 Å². The SMILES string of the molecule is CN(CC1(OC=O)CCNCC1)c1ccc(C(=O)O)cc1. The molecule has 0 unspecified atom stereocenters. The molecule has 2 N–H and O–H groups in total. The molecule has 0 bridgehead atoms. The van der Waals surface area contributed by atoms with Gasteiger partial charge in [-0.05, 0) is 37.4 Å². The van der Waals surface area contributed by atoms with E-state index in [0.717, 1.165) is 31.6 Å². The first-order valence-corrected chi connectivity index (χ1v) is 6.93. The van der Waals surface area contributed by atoms with Gasteiger partial charge in [-0.25, -0.2) is 4.79 Å². The zero-order valence-electron chi connectivity index (χ0n) is 12.0. The first kappa shape index (κ1) is 15.3. The van der Waals surface area contributed by atoms with Gasteiger partial charge in [-0.3, -0.25) is 4.79 Å². The lowest BCUT2D eigenvalue weighted by molar-refractivity contribution is -0.145. The number of aromatic carboxylic acids is 1. The van der Waals surface area contributed by atoms with E-state index in [9.17, 15) is 9.59 Å². The number of piperidine rings is 1. The van der Waals surface area contributed by atoms with Crippen LogP contribution in [-0.4, -0.2) is 49.8 Å². The monoisotopic (exact) mass is 292 g/mol. The Balaban J connectivity index is 2.09. The number of carboxylic acid groups (broad SMARTS) is 1. The number of benzene rings is 1. The second kappa shape index (κ2) is 6.58. The normalized spacial score (nSPS) is 17.0. The van der Waals surface area contributed by atoms with E-state index in [1.807, 2.05) is 11.9 Å². The smallest absolute Gasteiger partial charge is 0.335 e. The number of carbonyl (C=O) groups excluding carboxylic acids is 1. The summed E-state index contributed by atoms with van der Waals surface area (Å²) in [5.41, 5.74) is 0.674. The summed E-state index contributed by atoms with van der Waals surface area (Å²) in [6.45, 7) is 2.74. The summed E-state index contributed by atoms with van der Waals surface area (Å²) in [6, 6.07) is 6.67. The van der Waals surface area contributed by atoms with Gasteiger partial charge in [0.2, 0.25) is 0 Å². The zero-order valence-corrected chi connectivity index (χ0v) is 12.0. The van der Waals surface area contributed by atoms with Gasteiger partial charge in [0.1, 0.15) is 5.60 Å². The number of rotatable bonds is 6. The Hall–Kier alpha value is -2.08. The van der Waals surface area contributed by atoms with Crippen molar-refractivity contribution >= 4 is 18.1 Å². The maximum atomic E-state index is 10.9. The van der Waals surface area contributed by atoms with Crippen LogP contribution in [0.3, 0.4) is 0 Å². The Kier molecular flexibility index (Phi) is 4.80. The van der Waals surface area contributed by atoms with E-state index < -0.39 is 11.6 Å². The lowest BCUT2D eigenvalue weighted by atomic mass is 9.91. The molecule has 1 fully saturated rings. The van der Waals surface area contributed by atoms with Gasteiger partial charge >= 0.3 is 5.97 Å². The molecule has 1 aromatic rings. The van der Waals surface area contributed by atoms with Gasteiger partial charge in [-0.1, -0.05) is 0 Å². The molecule has 0 saturated carbocycles. The van der Waals surface area contributed by atoms with Crippen molar-refractivity contribution in [3.63, 3.8) is 0 Å². The fourth-order valence-corrected chi connectivity index (χ4v) is 2.68. The van der Waals surface area contributed by atoms with Gasteiger partial charge in [0.25, 0.3) is 6.47 Å². The number of nitrogens with zero attached hydrogens (tertiary/aromatic N) is 1. The summed E-state index contributed by atoms with van der Waals surface area (Å²) >= 11 is 0. The predicted molar refractivity (Wildman–Crippen MR) is 78.7 cm³/mol. The summed E-state index contributed by atoms with van der Waals surface area (Å²) in [5, 5.41) is 12.2. The van der Waals surface area contributed by atoms with Crippen molar-refractivity contribution in [2.45, 2.75) is 18.4 Å². The summed E-state index contributed by atoms with van der Waals surface area (Å²) < 4.78 is 5.37. The van der Waals surface area contributed by atoms with Crippen LogP contribution in [0.25, 0.3) is 0 Å². The van der Waals surface area contributed by atoms with E-state index in [1.54, 1.807) is 24.3 Å². The Bertz CT molecular complexity index is 495. The molecular weight excluding hydrogens is 272 g/mol. The maximum Gasteiger partial charge on any atom is 0.335 e. The minimum atomic E-state index is -0.941. The van der Waals surface area contributed by atoms with E-state index >= 15 is 0 Å². The van der Waals surface area contributed by atoms with Crippen molar-refractivity contribution in [1.82, 2.24) is 5.32 Å². The standard InChI is InChI=1S/C15H20N2O4/c1-17(13-4-2-12(3-5-13)14(19)20)10-15(21-11-18)6-8-16-9-7-15/h2-5,11,16H,6-10H2,1H3,(H,19,20). The Morgan fingerprint density at radius 1 is 1.38 bits per heavy atom. The maximum absolute atomic E-state index is 10.9. The molecule has 0 radical (unpaired) electrons. The predicted octanol–water partition coefficient (Wildman–Crippen LogP) is 1.12. The molecule has 1 heterocycles. The summed E-state index contributed by atoms with van der Waals surface area (Å²) in [5.74, 6) is -0.941. The molecule has 0 atom stereocenters. The lowest BCUT2D eigenvalue weighted by Gasteiger charge is -2.39. The number of hydrogen-bond donors (Lipinski definition) is 2. The second-order valence-electron chi connectivity index (χ2n) is 5.36. The molecule has 0 aromatic heterocycles. The van der Waals surface area contributed by atoms with Crippen LogP contribution in [0.4, 0.5) is 5.69 Å². The van der Waals surface area contributed by atoms with Gasteiger partial charge < -0.3 is 20.1 Å². The number of carbonyl (C=O) groups is 2. The number of anilines is 1. The molecule has 1 aliphatic heterocycles. The van der Waals surface area contributed by atoms with Gasteiger partial charge in [-0.15, -0.1) is 0 Å². The van der Waals surface area contributed by atoms with E-state index in [2.05, 4.69) is 5.32 Å². The summed E-state index contributed by atoms with van der Waals surface area (Å²) in [7, 11) is 1.91. The minimum Gasteiger partial charge on any atom is -0.478 e. The average molecular weight is 292 g/mol. The molecule has 0 aliphatic carbocycles. The highest BCUT2D eigenvalue weighted by Gasteiger charge is 2.35. The number of hydrogen-bond acceptors (Lipinski definition) is 5. The second-order valence-corrected chi connectivity index (χ2v) is 5.36. The molecule has 1 saturated heterocycles. The van der Waals surface area contributed by atoms with Crippen LogP contribution in [0, 0.1) is 0 Å². The highest BCUT2D eigenvalue weighted by molar-refractivity contribution is 5.88. The largest absolute Gasteiger partial charge is 0.478 e. The molecule has 114 valence electrons. The topological polar surface area (TPSA) is 78.9 Å². The van der Waals surface area contributed by atoms with Crippen molar-refractivity contribution in [3.8, 4) is 0 Å². The number of ether oxygens (including phenoxy) is 1. The lowest BCUT2D eigenvalue weighted by Crippen LogP contribution is -2.50. The first-order chi connectivity index (χ1) is 10.1. The van der Waals surface area contributed by atoms with Gasteiger partial charge in [0, 0.05) is 25.6 Å². The molecule has 1 aromatic carbocycles. The highest BCUT2D eigenvalue weighted by Crippen LogP contribution is 2.26. The van der Waals surface area contributed by atoms with Crippen molar-refractivity contribution in [1.29, 1.82) is 0 Å². The van der Waals surface area contributed by atoms with Crippen LogP contribution < -0.4 is 10.2 Å². The van der Waals surface area contributed by atoms with Crippen molar-refractivity contribution in [3.05, 3.63) is 29.8 Å². The Morgan fingerprint density at radius 3 is 2.52 bits per heavy atom. The summed E-state index contributed by atoms with van der Waals surface area (Å²) in [4.78, 5) is 23.6. The molecule has 0 amide bonds. The molecule has 6 heteroatoms. The molecule has 2 rings (SSSR count). The third-order valence-electron chi connectivity index (χ3n) is 3.89. The molecule has 1 aliphatic rings.